The molecule has 2 heterocycles. The van der Waals surface area contributed by atoms with E-state index in [1.54, 1.807) is 18.4 Å². The summed E-state index contributed by atoms with van der Waals surface area (Å²) in [7, 11) is 1.75. The molecule has 1 fully saturated rings. The van der Waals surface area contributed by atoms with E-state index < -0.39 is 0 Å². The number of ether oxygens (including phenoxy) is 1. The monoisotopic (exact) mass is 359 g/mol. The van der Waals surface area contributed by atoms with Crippen molar-refractivity contribution < 1.29 is 9.53 Å². The summed E-state index contributed by atoms with van der Waals surface area (Å²) in [5.74, 6) is 0.0296. The average Bonchev–Trinajstić information content (AvgIpc) is 3.14. The van der Waals surface area contributed by atoms with Gasteiger partial charge in [-0.25, -0.2) is 0 Å². The number of carbonyl (C=O) groups excluding carboxylic acids is 1. The first kappa shape index (κ1) is 17.9. The van der Waals surface area contributed by atoms with Crippen LogP contribution in [0.15, 0.2) is 41.8 Å². The molecule has 1 amide bonds. The van der Waals surface area contributed by atoms with Gasteiger partial charge in [-0.3, -0.25) is 9.69 Å². The number of hydrogen-bond donors (Lipinski definition) is 1. The molecule has 0 radical (unpaired) electrons. The Morgan fingerprint density at radius 2 is 1.92 bits per heavy atom. The highest BCUT2D eigenvalue weighted by Gasteiger charge is 2.16. The van der Waals surface area contributed by atoms with E-state index in [-0.39, 0.29) is 5.91 Å². The Morgan fingerprint density at radius 1 is 1.16 bits per heavy atom. The van der Waals surface area contributed by atoms with Gasteiger partial charge in [0.05, 0.1) is 13.0 Å². The number of rotatable bonds is 7. The zero-order valence-electron chi connectivity index (χ0n) is 14.6. The summed E-state index contributed by atoms with van der Waals surface area (Å²) in [6, 6.07) is 12.1. The normalized spacial score (nSPS) is 15.3. The number of amides is 1. The van der Waals surface area contributed by atoms with Gasteiger partial charge >= 0.3 is 0 Å². The number of methoxy groups -OCH3 is 1. The minimum Gasteiger partial charge on any atom is -0.383 e. The van der Waals surface area contributed by atoms with Crippen LogP contribution in [0.2, 0.25) is 0 Å². The fraction of sp³-hybridized carbons (Fsp3) is 0.421. The predicted molar refractivity (Wildman–Crippen MR) is 104 cm³/mol. The lowest BCUT2D eigenvalue weighted by Gasteiger charge is -2.36. The summed E-state index contributed by atoms with van der Waals surface area (Å²) < 4.78 is 5.14. The average molecular weight is 359 g/mol. The Labute approximate surface area is 153 Å². The van der Waals surface area contributed by atoms with E-state index in [2.05, 4.69) is 27.2 Å². The number of anilines is 2. The third-order valence-corrected chi connectivity index (χ3v) is 5.29. The third-order valence-electron chi connectivity index (χ3n) is 4.42. The van der Waals surface area contributed by atoms with Crippen LogP contribution in [0.1, 0.15) is 4.88 Å². The van der Waals surface area contributed by atoms with Crippen LogP contribution in [0, 0.1) is 0 Å². The molecule has 1 aliphatic heterocycles. The summed E-state index contributed by atoms with van der Waals surface area (Å²) in [4.78, 5) is 18.0. The van der Waals surface area contributed by atoms with Crippen LogP contribution in [-0.4, -0.2) is 57.2 Å². The van der Waals surface area contributed by atoms with Crippen molar-refractivity contribution in [2.24, 2.45) is 0 Å². The molecule has 0 atom stereocenters. The number of thiophene rings is 1. The SMILES string of the molecule is COCCN1CCN(c2ccc(NC(=O)Cc3cccs3)cc2)CC1. The van der Waals surface area contributed by atoms with Crippen molar-refractivity contribution in [3.8, 4) is 0 Å². The van der Waals surface area contributed by atoms with E-state index in [1.807, 2.05) is 29.6 Å². The summed E-state index contributed by atoms with van der Waals surface area (Å²) in [5.41, 5.74) is 2.06. The number of nitrogens with one attached hydrogen (secondary N) is 1. The van der Waals surface area contributed by atoms with Crippen LogP contribution in [0.25, 0.3) is 0 Å². The maximum Gasteiger partial charge on any atom is 0.229 e. The maximum absolute atomic E-state index is 12.1. The van der Waals surface area contributed by atoms with Gasteiger partial charge in [0.1, 0.15) is 0 Å². The summed E-state index contributed by atoms with van der Waals surface area (Å²) in [6.07, 6.45) is 0.433. The molecule has 0 bridgehead atoms. The molecule has 1 N–H and O–H groups in total. The van der Waals surface area contributed by atoms with E-state index in [0.29, 0.717) is 6.42 Å². The molecular formula is C19H25N3O2S. The van der Waals surface area contributed by atoms with Gasteiger partial charge in [-0.2, -0.15) is 0 Å². The van der Waals surface area contributed by atoms with Crippen LogP contribution < -0.4 is 10.2 Å². The van der Waals surface area contributed by atoms with E-state index in [1.165, 1.54) is 5.69 Å². The Balaban J connectivity index is 1.48. The van der Waals surface area contributed by atoms with Crippen molar-refractivity contribution in [3.63, 3.8) is 0 Å². The van der Waals surface area contributed by atoms with Gasteiger partial charge < -0.3 is 15.0 Å². The molecule has 25 heavy (non-hydrogen) atoms. The van der Waals surface area contributed by atoms with Crippen LogP contribution in [0.5, 0.6) is 0 Å². The van der Waals surface area contributed by atoms with Crippen LogP contribution in [-0.2, 0) is 16.0 Å². The molecule has 6 heteroatoms. The second-order valence-electron chi connectivity index (χ2n) is 6.17. The smallest absolute Gasteiger partial charge is 0.229 e. The zero-order valence-corrected chi connectivity index (χ0v) is 15.4. The molecule has 1 aromatic carbocycles. The predicted octanol–water partition coefficient (Wildman–Crippen LogP) is 2.70. The van der Waals surface area contributed by atoms with Gasteiger partial charge in [0.15, 0.2) is 0 Å². The van der Waals surface area contributed by atoms with E-state index in [0.717, 1.165) is 49.9 Å². The van der Waals surface area contributed by atoms with Crippen LogP contribution in [0.3, 0.4) is 0 Å². The number of benzene rings is 1. The fourth-order valence-electron chi connectivity index (χ4n) is 2.98. The highest BCUT2D eigenvalue weighted by molar-refractivity contribution is 7.10. The number of nitrogens with zero attached hydrogens (tertiary/aromatic N) is 2. The van der Waals surface area contributed by atoms with Crippen molar-refractivity contribution in [3.05, 3.63) is 46.7 Å². The van der Waals surface area contributed by atoms with E-state index in [4.69, 9.17) is 4.74 Å². The molecule has 1 aliphatic rings. The van der Waals surface area contributed by atoms with Gasteiger partial charge in [0, 0.05) is 56.1 Å². The van der Waals surface area contributed by atoms with Crippen LogP contribution in [0.4, 0.5) is 11.4 Å². The molecule has 1 aromatic heterocycles. The topological polar surface area (TPSA) is 44.8 Å². The molecule has 134 valence electrons. The summed E-state index contributed by atoms with van der Waals surface area (Å²) >= 11 is 1.61. The highest BCUT2D eigenvalue weighted by atomic mass is 32.1. The molecule has 3 rings (SSSR count). The third kappa shape index (κ3) is 5.29. The standard InChI is InChI=1S/C19H25N3O2S/c1-24-13-12-21-8-10-22(11-9-21)17-6-4-16(5-7-17)20-19(23)15-18-3-2-14-25-18/h2-7,14H,8-13,15H2,1H3,(H,20,23). The van der Waals surface area contributed by atoms with Gasteiger partial charge in [-0.15, -0.1) is 11.3 Å². The van der Waals surface area contributed by atoms with Crippen molar-refractivity contribution >= 4 is 28.6 Å². The van der Waals surface area contributed by atoms with Gasteiger partial charge in [0.25, 0.3) is 0 Å². The first-order chi connectivity index (χ1) is 12.2. The van der Waals surface area contributed by atoms with Crippen LogP contribution >= 0.6 is 11.3 Å². The Morgan fingerprint density at radius 3 is 2.56 bits per heavy atom. The van der Waals surface area contributed by atoms with Crippen molar-refractivity contribution in [2.75, 3.05) is 56.7 Å². The second kappa shape index (κ2) is 8.99. The molecule has 5 nitrogen and oxygen atoms in total. The second-order valence-corrected chi connectivity index (χ2v) is 7.20. The quantitative estimate of drug-likeness (QED) is 0.826. The maximum atomic E-state index is 12.1. The van der Waals surface area contributed by atoms with E-state index >= 15 is 0 Å². The number of hydrogen-bond acceptors (Lipinski definition) is 5. The molecule has 2 aromatic rings. The number of piperazine rings is 1. The lowest BCUT2D eigenvalue weighted by molar-refractivity contribution is -0.115. The number of carbonyl (C=O) groups is 1. The summed E-state index contributed by atoms with van der Waals surface area (Å²) in [6.45, 7) is 5.95. The Hall–Kier alpha value is -1.89. The minimum absolute atomic E-state index is 0.0296. The van der Waals surface area contributed by atoms with Gasteiger partial charge in [-0.1, -0.05) is 6.07 Å². The lowest BCUT2D eigenvalue weighted by Crippen LogP contribution is -2.47. The van der Waals surface area contributed by atoms with E-state index in [9.17, 15) is 4.79 Å². The van der Waals surface area contributed by atoms with Crippen molar-refractivity contribution in [1.29, 1.82) is 0 Å². The molecular weight excluding hydrogens is 334 g/mol. The zero-order chi connectivity index (χ0) is 17.5. The minimum atomic E-state index is 0.0296. The largest absolute Gasteiger partial charge is 0.383 e. The first-order valence-corrected chi connectivity index (χ1v) is 9.51. The first-order valence-electron chi connectivity index (χ1n) is 8.63. The van der Waals surface area contributed by atoms with Crippen molar-refractivity contribution in [2.45, 2.75) is 6.42 Å². The lowest BCUT2D eigenvalue weighted by atomic mass is 10.2. The summed E-state index contributed by atoms with van der Waals surface area (Å²) in [5, 5.41) is 4.96. The van der Waals surface area contributed by atoms with Gasteiger partial charge in [0.2, 0.25) is 5.91 Å². The van der Waals surface area contributed by atoms with Gasteiger partial charge in [-0.05, 0) is 35.7 Å². The molecule has 0 spiro atoms. The molecule has 0 aliphatic carbocycles. The Kier molecular flexibility index (Phi) is 6.44. The fourth-order valence-corrected chi connectivity index (χ4v) is 3.69. The Bertz CT molecular complexity index is 650. The molecule has 0 unspecified atom stereocenters. The molecule has 1 saturated heterocycles. The highest BCUT2D eigenvalue weighted by Crippen LogP contribution is 2.20. The molecule has 0 saturated carbocycles. The van der Waals surface area contributed by atoms with Crippen molar-refractivity contribution in [1.82, 2.24) is 4.90 Å².